The lowest BCUT2D eigenvalue weighted by atomic mass is 9.98. The first kappa shape index (κ1) is 13.8. The van der Waals surface area contributed by atoms with Crippen LogP contribution in [-0.2, 0) is 0 Å². The van der Waals surface area contributed by atoms with Gasteiger partial charge in [0.1, 0.15) is 0 Å². The molecule has 2 N–H and O–H groups in total. The van der Waals surface area contributed by atoms with Gasteiger partial charge in [-0.25, -0.2) is 0 Å². The second-order valence-electron chi connectivity index (χ2n) is 3.92. The van der Waals surface area contributed by atoms with Gasteiger partial charge in [-0.15, -0.1) is 0 Å². The monoisotopic (exact) mass is 239 g/mol. The Hall–Kier alpha value is -1.26. The van der Waals surface area contributed by atoms with Gasteiger partial charge in [-0.2, -0.15) is 0 Å². The Morgan fingerprint density at radius 1 is 1.24 bits per heavy atom. The second kappa shape index (κ2) is 6.47. The van der Waals surface area contributed by atoms with E-state index in [1.807, 2.05) is 26.1 Å². The Morgan fingerprint density at radius 2 is 1.82 bits per heavy atom. The highest BCUT2D eigenvalue weighted by atomic mass is 16.5. The SMILES string of the molecule is CNC(CCO)c1cc(OC)c(OC)cc1C. The van der Waals surface area contributed by atoms with E-state index >= 15 is 0 Å². The van der Waals surface area contributed by atoms with Crippen LogP contribution in [0.1, 0.15) is 23.6 Å². The third-order valence-corrected chi connectivity index (χ3v) is 2.91. The van der Waals surface area contributed by atoms with E-state index in [9.17, 15) is 0 Å². The Labute approximate surface area is 103 Å². The van der Waals surface area contributed by atoms with Gasteiger partial charge in [0.05, 0.1) is 14.2 Å². The number of aryl methyl sites for hydroxylation is 1. The van der Waals surface area contributed by atoms with Crippen molar-refractivity contribution in [3.8, 4) is 11.5 Å². The maximum atomic E-state index is 9.05. The summed E-state index contributed by atoms with van der Waals surface area (Å²) in [6.07, 6.45) is 0.673. The standard InChI is InChI=1S/C13H21NO3/c1-9-7-12(16-3)13(17-4)8-10(9)11(14-2)5-6-15/h7-8,11,14-15H,5-6H2,1-4H3. The predicted octanol–water partition coefficient (Wildman–Crippen LogP) is 1.66. The van der Waals surface area contributed by atoms with Crippen molar-refractivity contribution >= 4 is 0 Å². The molecule has 0 heterocycles. The van der Waals surface area contributed by atoms with Gasteiger partial charge in [0.2, 0.25) is 0 Å². The van der Waals surface area contributed by atoms with Gasteiger partial charge in [-0.1, -0.05) is 0 Å². The molecule has 0 aliphatic rings. The van der Waals surface area contributed by atoms with E-state index in [-0.39, 0.29) is 12.6 Å². The predicted molar refractivity (Wildman–Crippen MR) is 67.8 cm³/mol. The highest BCUT2D eigenvalue weighted by Crippen LogP contribution is 2.33. The fraction of sp³-hybridized carbons (Fsp3) is 0.538. The van der Waals surface area contributed by atoms with Crippen LogP contribution in [-0.4, -0.2) is 33.0 Å². The van der Waals surface area contributed by atoms with E-state index < -0.39 is 0 Å². The minimum absolute atomic E-state index is 0.125. The van der Waals surface area contributed by atoms with Crippen molar-refractivity contribution in [2.24, 2.45) is 0 Å². The fourth-order valence-corrected chi connectivity index (χ4v) is 1.96. The molecule has 4 nitrogen and oxygen atoms in total. The number of aliphatic hydroxyl groups excluding tert-OH is 1. The highest BCUT2D eigenvalue weighted by molar-refractivity contribution is 5.48. The van der Waals surface area contributed by atoms with Crippen LogP contribution in [0.2, 0.25) is 0 Å². The lowest BCUT2D eigenvalue weighted by molar-refractivity contribution is 0.268. The van der Waals surface area contributed by atoms with Crippen LogP contribution in [0.25, 0.3) is 0 Å². The van der Waals surface area contributed by atoms with Crippen molar-refractivity contribution in [2.45, 2.75) is 19.4 Å². The Balaban J connectivity index is 3.14. The summed E-state index contributed by atoms with van der Waals surface area (Å²) in [7, 11) is 5.13. The summed E-state index contributed by atoms with van der Waals surface area (Å²) in [6, 6.07) is 4.04. The van der Waals surface area contributed by atoms with Gasteiger partial charge < -0.3 is 19.9 Å². The number of hydrogen-bond donors (Lipinski definition) is 2. The molecule has 96 valence electrons. The molecular formula is C13H21NO3. The van der Waals surface area contributed by atoms with E-state index in [2.05, 4.69) is 5.32 Å². The first-order chi connectivity index (χ1) is 8.17. The van der Waals surface area contributed by atoms with E-state index in [4.69, 9.17) is 14.6 Å². The summed E-state index contributed by atoms with van der Waals surface area (Å²) in [5, 5.41) is 12.2. The zero-order chi connectivity index (χ0) is 12.8. The van der Waals surface area contributed by atoms with Gasteiger partial charge in [0.25, 0.3) is 0 Å². The molecule has 4 heteroatoms. The number of rotatable bonds is 6. The molecule has 17 heavy (non-hydrogen) atoms. The molecule has 0 spiro atoms. The minimum atomic E-state index is 0.125. The smallest absolute Gasteiger partial charge is 0.161 e. The summed E-state index contributed by atoms with van der Waals surface area (Å²) < 4.78 is 10.5. The van der Waals surface area contributed by atoms with E-state index in [0.717, 1.165) is 16.9 Å². The Bertz CT molecular complexity index is 366. The maximum Gasteiger partial charge on any atom is 0.161 e. The van der Waals surface area contributed by atoms with Crippen molar-refractivity contribution in [3.05, 3.63) is 23.3 Å². The van der Waals surface area contributed by atoms with E-state index in [1.54, 1.807) is 14.2 Å². The van der Waals surface area contributed by atoms with Crippen LogP contribution in [0.3, 0.4) is 0 Å². The summed E-state index contributed by atoms with van der Waals surface area (Å²) in [4.78, 5) is 0. The zero-order valence-electron chi connectivity index (χ0n) is 10.9. The average molecular weight is 239 g/mol. The van der Waals surface area contributed by atoms with Crippen LogP contribution >= 0.6 is 0 Å². The Morgan fingerprint density at radius 3 is 2.29 bits per heavy atom. The van der Waals surface area contributed by atoms with Gasteiger partial charge in [-0.3, -0.25) is 0 Å². The van der Waals surface area contributed by atoms with Crippen molar-refractivity contribution < 1.29 is 14.6 Å². The minimum Gasteiger partial charge on any atom is -0.493 e. The molecule has 0 bridgehead atoms. The summed E-state index contributed by atoms with van der Waals surface area (Å²) >= 11 is 0. The fourth-order valence-electron chi connectivity index (χ4n) is 1.96. The number of benzene rings is 1. The van der Waals surface area contributed by atoms with Crippen molar-refractivity contribution in [1.29, 1.82) is 0 Å². The molecule has 0 aliphatic carbocycles. The highest BCUT2D eigenvalue weighted by Gasteiger charge is 2.15. The van der Waals surface area contributed by atoms with Gasteiger partial charge in [0, 0.05) is 12.6 Å². The molecule has 0 amide bonds. The van der Waals surface area contributed by atoms with Crippen LogP contribution in [0.15, 0.2) is 12.1 Å². The third-order valence-electron chi connectivity index (χ3n) is 2.91. The zero-order valence-corrected chi connectivity index (χ0v) is 10.9. The van der Waals surface area contributed by atoms with E-state index in [0.29, 0.717) is 12.2 Å². The number of methoxy groups -OCH3 is 2. The topological polar surface area (TPSA) is 50.7 Å². The Kier molecular flexibility index (Phi) is 5.25. The second-order valence-corrected chi connectivity index (χ2v) is 3.92. The molecule has 0 aliphatic heterocycles. The first-order valence-electron chi connectivity index (χ1n) is 5.68. The number of ether oxygens (including phenoxy) is 2. The molecule has 1 aromatic rings. The summed E-state index contributed by atoms with van der Waals surface area (Å²) in [5.74, 6) is 1.44. The molecule has 0 radical (unpaired) electrons. The lowest BCUT2D eigenvalue weighted by Crippen LogP contribution is -2.18. The van der Waals surface area contributed by atoms with E-state index in [1.165, 1.54) is 0 Å². The number of aliphatic hydroxyl groups is 1. The first-order valence-corrected chi connectivity index (χ1v) is 5.68. The molecule has 1 unspecified atom stereocenters. The van der Waals surface area contributed by atoms with Crippen molar-refractivity contribution in [1.82, 2.24) is 5.32 Å². The molecule has 0 saturated heterocycles. The number of hydrogen-bond acceptors (Lipinski definition) is 4. The molecule has 1 rings (SSSR count). The van der Waals surface area contributed by atoms with Crippen molar-refractivity contribution in [3.63, 3.8) is 0 Å². The van der Waals surface area contributed by atoms with Gasteiger partial charge >= 0.3 is 0 Å². The van der Waals surface area contributed by atoms with Crippen LogP contribution in [0.4, 0.5) is 0 Å². The molecular weight excluding hydrogens is 218 g/mol. The summed E-state index contributed by atoms with van der Waals surface area (Å²) in [5.41, 5.74) is 2.25. The summed E-state index contributed by atoms with van der Waals surface area (Å²) in [6.45, 7) is 2.18. The molecule has 0 aromatic heterocycles. The quantitative estimate of drug-likeness (QED) is 0.792. The largest absolute Gasteiger partial charge is 0.493 e. The average Bonchev–Trinajstić information content (AvgIpc) is 2.36. The van der Waals surface area contributed by atoms with Crippen molar-refractivity contribution in [2.75, 3.05) is 27.9 Å². The third kappa shape index (κ3) is 3.11. The van der Waals surface area contributed by atoms with Crippen LogP contribution in [0.5, 0.6) is 11.5 Å². The van der Waals surface area contributed by atoms with Gasteiger partial charge in [-0.05, 0) is 43.7 Å². The van der Waals surface area contributed by atoms with Crippen LogP contribution < -0.4 is 14.8 Å². The molecule has 1 atom stereocenters. The normalized spacial score (nSPS) is 12.3. The lowest BCUT2D eigenvalue weighted by Gasteiger charge is -2.20. The molecule has 0 fully saturated rings. The number of nitrogens with one attached hydrogen (secondary N) is 1. The van der Waals surface area contributed by atoms with Gasteiger partial charge in [0.15, 0.2) is 11.5 Å². The molecule has 1 aromatic carbocycles. The maximum absolute atomic E-state index is 9.05. The molecule has 0 saturated carbocycles. The van der Waals surface area contributed by atoms with Crippen LogP contribution in [0, 0.1) is 6.92 Å².